The number of carbonyl (C=O) groups is 4. The molecule has 5 aromatic rings. The van der Waals surface area contributed by atoms with E-state index in [1.165, 1.54) is 34.2 Å². The van der Waals surface area contributed by atoms with E-state index in [2.05, 4.69) is 221 Å². The van der Waals surface area contributed by atoms with Crippen molar-refractivity contribution < 1.29 is 81.8 Å². The number of aliphatic carboxylic acids is 1. The Balaban J connectivity index is 0.000000168. The standard InChI is InChI=1S/C24H38O4P2.C24H36O3P2.C19H30O3P2.C19H28O3P2.C18H24O4/c1-18-17-23(25)22(11-7-2-3-8-12-24(26)27)21(18)16-15-20(28-30-29)14-13-19-9-5-4-6-10-19;1-18-17-23-22(11-7-2-3-8-12-24(25)26-23)21(18)16-15-20(27-29-28)14-13-19-9-5-4-6-10-19;2*1-13-11-18-17(12-19(20)21-18)16(13)10-9-15(22-24-23)8-7-14-5-3-2-4-6-14;19-13(7-6-12-4-2-1-3-5-12)8-9-14-15-10-18(21)22-17(15)11-16(14)20/h2,4-7,9-10,18,20-23,25,30H,3,8,11-17,29H2,1H3,(H,26,27);2,4-7,9-10,18,20-23,29H,3,8,11-17,28H2,1H3;2-6,13,15-20,24H,7-12,23H2,1H3;2-6,13,15-18,24H,7-12,23H2,1H3;1-5,13-17,19-20H,6-11H2/b;7-2-;;;/t2*18-,20+,21+,22-,23+;13-,15+,16+,17-,18+,19?;13-,15+,16+,17-,18+;13-,14+,15+,16+,17-/m11110/s1. The summed E-state index contributed by atoms with van der Waals surface area (Å²) in [5.41, 5.74) is 6.74. The summed E-state index contributed by atoms with van der Waals surface area (Å²) < 4.78 is 46.4. The number of aliphatic hydroxyl groups is 4. The van der Waals surface area contributed by atoms with E-state index in [0.717, 1.165) is 180 Å². The summed E-state index contributed by atoms with van der Waals surface area (Å²) in [6.45, 7) is 9.26. The fraction of sp³-hybridized carbons (Fsp3) is 0.635. The van der Waals surface area contributed by atoms with Gasteiger partial charge in [-0.25, -0.2) is 0 Å². The van der Waals surface area contributed by atoms with Crippen LogP contribution in [0, 0.1) is 82.9 Å². The molecule has 14 rings (SSSR count). The molecule has 0 spiro atoms. The lowest BCUT2D eigenvalue weighted by molar-refractivity contribution is -0.151. The minimum Gasteiger partial charge on any atom is -0.481 e. The van der Waals surface area contributed by atoms with Crippen LogP contribution in [0.5, 0.6) is 0 Å². The van der Waals surface area contributed by atoms with Crippen molar-refractivity contribution in [2.24, 2.45) is 82.9 Å². The Hall–Kier alpha value is -3.46. The largest absolute Gasteiger partial charge is 0.481 e. The van der Waals surface area contributed by atoms with Gasteiger partial charge in [-0.05, 0) is 286 Å². The van der Waals surface area contributed by atoms with Gasteiger partial charge in [-0.3, -0.25) is 19.2 Å². The van der Waals surface area contributed by atoms with Gasteiger partial charge in [-0.15, -0.1) is 0 Å². The minimum absolute atomic E-state index is 0.00331. The van der Waals surface area contributed by atoms with Crippen LogP contribution in [-0.4, -0.2) is 123 Å². The summed E-state index contributed by atoms with van der Waals surface area (Å²) in [5.74, 6) is 5.96. The molecule has 0 aromatic heterocycles. The molecule has 34 atom stereocenters. The number of unbranched alkanes of at least 4 members (excludes halogenated alkanes) is 1. The van der Waals surface area contributed by atoms with Gasteiger partial charge in [-0.1, -0.05) is 239 Å². The van der Waals surface area contributed by atoms with Crippen LogP contribution >= 0.6 is 69.7 Å². The molecule has 0 radical (unpaired) electrons. The summed E-state index contributed by atoms with van der Waals surface area (Å²) >= 11 is 0. The van der Waals surface area contributed by atoms with Gasteiger partial charge in [0.1, 0.15) is 18.3 Å². The quantitative estimate of drug-likeness (QED) is 0.00800. The van der Waals surface area contributed by atoms with Crippen molar-refractivity contribution in [1.82, 2.24) is 0 Å². The zero-order valence-corrected chi connectivity index (χ0v) is 85.8. The summed E-state index contributed by atoms with van der Waals surface area (Å²) in [6.07, 6.45) is 41.9. The molecule has 17 nitrogen and oxygen atoms in total. The number of hydrogen-bond acceptors (Lipinski definition) is 16. The average Bonchev–Trinajstić information content (AvgIpc) is 1.64. The van der Waals surface area contributed by atoms with E-state index < -0.39 is 18.4 Å². The van der Waals surface area contributed by atoms with E-state index in [1.807, 2.05) is 18.2 Å². The normalized spacial score (nSPS) is 30.1. The number of carboxylic acids is 1. The number of benzene rings is 5. The van der Waals surface area contributed by atoms with Crippen molar-refractivity contribution in [3.63, 3.8) is 0 Å². The van der Waals surface area contributed by atoms with E-state index in [0.29, 0.717) is 162 Å². The van der Waals surface area contributed by atoms with E-state index in [4.69, 9.17) is 42.1 Å². The predicted molar refractivity (Wildman–Crippen MR) is 541 cm³/mol. The highest BCUT2D eigenvalue weighted by Crippen LogP contribution is 2.52. The lowest BCUT2D eigenvalue weighted by Gasteiger charge is -2.27. The van der Waals surface area contributed by atoms with Gasteiger partial charge in [0.05, 0.1) is 61.7 Å². The molecule has 9 aliphatic rings. The number of esters is 3. The Morgan fingerprint density at radius 1 is 0.419 bits per heavy atom. The van der Waals surface area contributed by atoms with E-state index >= 15 is 0 Å². The first-order chi connectivity index (χ1) is 62.6. The number of rotatable bonds is 44. The molecular formula is C104H156O17P8. The predicted octanol–water partition coefficient (Wildman–Crippen LogP) is 23.9. The van der Waals surface area contributed by atoms with E-state index in [-0.39, 0.29) is 78.9 Å². The Morgan fingerprint density at radius 2 is 0.791 bits per heavy atom. The van der Waals surface area contributed by atoms with Gasteiger partial charge in [0.25, 0.3) is 0 Å². The fourth-order valence-electron chi connectivity index (χ4n) is 22.7. The van der Waals surface area contributed by atoms with Crippen LogP contribution in [0.1, 0.15) is 255 Å². The second kappa shape index (κ2) is 59.6. The highest BCUT2D eigenvalue weighted by Gasteiger charge is 2.51. The second-order valence-electron chi connectivity index (χ2n) is 38.4. The van der Waals surface area contributed by atoms with Crippen molar-refractivity contribution >= 4 is 93.6 Å². The van der Waals surface area contributed by atoms with Crippen LogP contribution in [-0.2, 0) is 88.3 Å². The third kappa shape index (κ3) is 37.1. The Labute approximate surface area is 789 Å². The Bertz CT molecular complexity index is 4000. The van der Waals surface area contributed by atoms with Gasteiger partial charge >= 0.3 is 23.9 Å². The molecular weight excluding hydrogens is 1770 g/mol. The first-order valence-corrected chi connectivity index (χ1v) is 59.6. The number of carboxylic acid groups (broad SMARTS) is 1. The summed E-state index contributed by atoms with van der Waals surface area (Å²) in [4.78, 5) is 45.7. The number of fused-ring (bicyclic) bond motifs is 4. The summed E-state index contributed by atoms with van der Waals surface area (Å²) in [5, 5.41) is 49.4. The smallest absolute Gasteiger partial charge is 0.306 e. The maximum absolute atomic E-state index is 12.2. The average molecular weight is 1930 g/mol. The van der Waals surface area contributed by atoms with Crippen LogP contribution < -0.4 is 0 Å². The number of aryl methyl sites for hydroxylation is 5. The van der Waals surface area contributed by atoms with Gasteiger partial charge in [0, 0.05) is 77.4 Å². The zero-order valence-electron chi connectivity index (χ0n) is 77.2. The zero-order chi connectivity index (χ0) is 91.7. The Kier molecular flexibility index (Phi) is 49.7. The van der Waals surface area contributed by atoms with Crippen LogP contribution in [0.4, 0.5) is 0 Å². The molecule has 5 N–H and O–H groups in total. The highest BCUT2D eigenvalue weighted by molar-refractivity contribution is 8.01. The maximum atomic E-state index is 12.2. The molecule has 714 valence electrons. The Morgan fingerprint density at radius 3 is 1.24 bits per heavy atom. The molecule has 0 amide bonds. The van der Waals surface area contributed by atoms with Crippen LogP contribution in [0.15, 0.2) is 176 Å². The van der Waals surface area contributed by atoms with Gasteiger partial charge < -0.3 is 62.6 Å². The molecule has 5 aliphatic carbocycles. The lowest BCUT2D eigenvalue weighted by atomic mass is 9.83. The van der Waals surface area contributed by atoms with Crippen molar-refractivity contribution in [1.29, 1.82) is 0 Å². The van der Waals surface area contributed by atoms with Gasteiger partial charge in [0.15, 0.2) is 6.29 Å². The molecule has 25 heteroatoms. The van der Waals surface area contributed by atoms with Crippen LogP contribution in [0.3, 0.4) is 0 Å². The SMILES string of the molecule is C[C@@H]1C[C@@H]2OC(=O)CCC/C=C\C[C@@H]2[C@H]1CC[C@H](CCc1ccccc1)OPP.C[C@@H]1C[C@@H]2OC(=O)C[C@@H]2[C@H]1CC[C@H](CCc1ccccc1)OPP.C[C@@H]1C[C@@H]2OC(O)C[C@@H]2[C@H]1CC[C@H](CCc1ccccc1)OPP.C[C@@H]1C[C@H](O)[C@H](CC=CCCCC(=O)O)[C@H]1CC[C@H](CCc1ccccc1)OPP.O=C1C[C@@H]2[C@@H](CC[C@@H](O)CCc3ccccc3)[C@H](O)C[C@@H]2O1. The maximum Gasteiger partial charge on any atom is 0.306 e. The number of allylic oxidation sites excluding steroid dienone is 4. The summed E-state index contributed by atoms with van der Waals surface area (Å²) in [7, 11) is 12.6. The van der Waals surface area contributed by atoms with Crippen LogP contribution in [0.2, 0.25) is 0 Å². The van der Waals surface area contributed by atoms with E-state index in [9.17, 15) is 39.6 Å². The molecule has 0 bridgehead atoms. The number of carbonyl (C=O) groups excluding carboxylic acids is 3. The lowest BCUT2D eigenvalue weighted by Crippen LogP contribution is -2.26. The molecule has 5 saturated carbocycles. The molecule has 5 aromatic carbocycles. The topological polar surface area (TPSA) is 243 Å². The van der Waals surface area contributed by atoms with Gasteiger partial charge in [-0.2, -0.15) is 0 Å². The van der Waals surface area contributed by atoms with Crippen molar-refractivity contribution in [3.05, 3.63) is 204 Å². The molecule has 9 unspecified atom stereocenters. The molecule has 8 fully saturated rings. The number of aliphatic hydroxyl groups excluding tert-OH is 4. The van der Waals surface area contributed by atoms with Crippen molar-refractivity contribution in [2.75, 3.05) is 0 Å². The van der Waals surface area contributed by atoms with E-state index in [1.54, 1.807) is 0 Å². The number of hydrogen-bond donors (Lipinski definition) is 5. The third-order valence-electron chi connectivity index (χ3n) is 29.7. The van der Waals surface area contributed by atoms with Crippen molar-refractivity contribution in [3.8, 4) is 0 Å². The second-order valence-corrected chi connectivity index (χ2v) is 43.1. The molecule has 4 heterocycles. The first-order valence-electron chi connectivity index (χ1n) is 48.8. The minimum atomic E-state index is -0.737. The van der Waals surface area contributed by atoms with Crippen molar-refractivity contribution in [2.45, 2.75) is 332 Å². The highest BCUT2D eigenvalue weighted by atomic mass is 32.0. The fourth-order valence-corrected chi connectivity index (χ4v) is 26.7. The monoisotopic (exact) mass is 1920 g/mol. The molecule has 129 heavy (non-hydrogen) atoms. The third-order valence-corrected chi connectivity index (χ3v) is 33.2. The summed E-state index contributed by atoms with van der Waals surface area (Å²) in [6, 6.07) is 52.7. The number of ether oxygens (including phenoxy) is 4. The van der Waals surface area contributed by atoms with Crippen LogP contribution in [0.25, 0.3) is 0 Å². The van der Waals surface area contributed by atoms with Gasteiger partial charge in [0.2, 0.25) is 0 Å². The molecule has 3 saturated heterocycles. The molecule has 4 aliphatic heterocycles. The first kappa shape index (κ1) is 108.